The molecule has 0 spiro atoms. The first-order chi connectivity index (χ1) is 9.83. The van der Waals surface area contributed by atoms with Crippen molar-refractivity contribution in [3.05, 3.63) is 44.2 Å². The molecule has 0 aliphatic heterocycles. The van der Waals surface area contributed by atoms with E-state index in [1.807, 2.05) is 0 Å². The third-order valence-corrected chi connectivity index (χ3v) is 6.40. The lowest BCUT2D eigenvalue weighted by Crippen LogP contribution is -2.19. The van der Waals surface area contributed by atoms with E-state index in [2.05, 4.69) is 41.7 Å². The van der Waals surface area contributed by atoms with Gasteiger partial charge in [-0.05, 0) is 46.3 Å². The Labute approximate surface area is 142 Å². The number of rotatable bonds is 4. The normalized spacial score (nSPS) is 12.4. The number of halogens is 2. The molecule has 0 unspecified atom stereocenters. The van der Waals surface area contributed by atoms with Gasteiger partial charge in [0, 0.05) is 10.0 Å². The van der Waals surface area contributed by atoms with Gasteiger partial charge in [-0.1, -0.05) is 21.1 Å². The van der Waals surface area contributed by atoms with E-state index in [9.17, 15) is 8.42 Å². The second kappa shape index (κ2) is 6.34. The summed E-state index contributed by atoms with van der Waals surface area (Å²) in [4.78, 5) is 0. The Hall–Kier alpha value is -1.10. The SMILES string of the molecule is N/C(=N/O)c1ccc(Br)cc1NS(=O)(=O)c1ccc(Br)s1. The number of oxime groups is 1. The van der Waals surface area contributed by atoms with Crippen LogP contribution in [-0.2, 0) is 10.0 Å². The fraction of sp³-hybridized carbons (Fsp3) is 0. The molecule has 0 aliphatic carbocycles. The van der Waals surface area contributed by atoms with Gasteiger partial charge in [-0.3, -0.25) is 4.72 Å². The van der Waals surface area contributed by atoms with E-state index in [4.69, 9.17) is 10.9 Å². The monoisotopic (exact) mass is 453 g/mol. The van der Waals surface area contributed by atoms with Gasteiger partial charge >= 0.3 is 0 Å². The van der Waals surface area contributed by atoms with Gasteiger partial charge in [0.05, 0.1) is 9.47 Å². The summed E-state index contributed by atoms with van der Waals surface area (Å²) < 4.78 is 28.6. The Balaban J connectivity index is 2.46. The van der Waals surface area contributed by atoms with Crippen molar-refractivity contribution in [3.63, 3.8) is 0 Å². The Kier molecular flexibility index (Phi) is 4.91. The van der Waals surface area contributed by atoms with E-state index < -0.39 is 10.0 Å². The minimum atomic E-state index is -3.75. The molecule has 0 atom stereocenters. The number of nitrogens with two attached hydrogens (primary N) is 1. The molecule has 0 amide bonds. The van der Waals surface area contributed by atoms with Crippen molar-refractivity contribution in [1.82, 2.24) is 0 Å². The lowest BCUT2D eigenvalue weighted by Gasteiger charge is -2.11. The molecule has 0 aliphatic rings. The van der Waals surface area contributed by atoms with E-state index >= 15 is 0 Å². The number of anilines is 1. The standard InChI is InChI=1S/C11H9Br2N3O3S2/c12-6-1-2-7(11(14)15-17)8(5-6)16-21(18,19)10-4-3-9(13)20-10/h1-5,16-17H,(H2,14,15). The van der Waals surface area contributed by atoms with E-state index in [0.717, 1.165) is 11.3 Å². The Morgan fingerprint density at radius 2 is 2.00 bits per heavy atom. The Bertz CT molecular complexity index is 803. The van der Waals surface area contributed by atoms with Crippen molar-refractivity contribution >= 4 is 64.7 Å². The maximum Gasteiger partial charge on any atom is 0.271 e. The van der Waals surface area contributed by atoms with Crippen LogP contribution in [0.1, 0.15) is 5.56 Å². The summed E-state index contributed by atoms with van der Waals surface area (Å²) in [5, 5.41) is 11.7. The molecular formula is C11H9Br2N3O3S2. The summed E-state index contributed by atoms with van der Waals surface area (Å²) in [5.74, 6) is -0.187. The second-order valence-electron chi connectivity index (χ2n) is 3.84. The molecule has 112 valence electrons. The first-order valence-corrected chi connectivity index (χ1v) is 9.27. The zero-order valence-electron chi connectivity index (χ0n) is 10.2. The van der Waals surface area contributed by atoms with E-state index in [0.29, 0.717) is 8.26 Å². The zero-order valence-corrected chi connectivity index (χ0v) is 15.1. The number of nitrogens with one attached hydrogen (secondary N) is 1. The van der Waals surface area contributed by atoms with Crippen LogP contribution in [0, 0.1) is 0 Å². The van der Waals surface area contributed by atoms with E-state index in [-0.39, 0.29) is 21.3 Å². The van der Waals surface area contributed by atoms with Crippen LogP contribution in [0.3, 0.4) is 0 Å². The van der Waals surface area contributed by atoms with Crippen molar-refractivity contribution < 1.29 is 13.6 Å². The molecule has 0 fully saturated rings. The number of hydrogen-bond acceptors (Lipinski definition) is 5. The molecule has 1 heterocycles. The molecule has 4 N–H and O–H groups in total. The maximum absolute atomic E-state index is 12.3. The van der Waals surface area contributed by atoms with Crippen molar-refractivity contribution in [2.75, 3.05) is 4.72 Å². The van der Waals surface area contributed by atoms with Crippen molar-refractivity contribution in [2.45, 2.75) is 4.21 Å². The van der Waals surface area contributed by atoms with Gasteiger partial charge in [0.1, 0.15) is 4.21 Å². The molecular weight excluding hydrogens is 446 g/mol. The summed E-state index contributed by atoms with van der Waals surface area (Å²) in [7, 11) is -3.75. The van der Waals surface area contributed by atoms with Gasteiger partial charge in [0.15, 0.2) is 5.84 Å². The summed E-state index contributed by atoms with van der Waals surface area (Å²) in [6.45, 7) is 0. The molecule has 2 rings (SSSR count). The largest absolute Gasteiger partial charge is 0.409 e. The van der Waals surface area contributed by atoms with E-state index in [1.54, 1.807) is 18.2 Å². The smallest absolute Gasteiger partial charge is 0.271 e. The summed E-state index contributed by atoms with van der Waals surface area (Å²) >= 11 is 7.55. The summed E-state index contributed by atoms with van der Waals surface area (Å²) in [6, 6.07) is 7.87. The van der Waals surface area contributed by atoms with Crippen molar-refractivity contribution in [3.8, 4) is 0 Å². The van der Waals surface area contributed by atoms with Crippen LogP contribution >= 0.6 is 43.2 Å². The van der Waals surface area contributed by atoms with Gasteiger partial charge in [-0.2, -0.15) is 0 Å². The number of benzene rings is 1. The molecule has 0 saturated heterocycles. The fourth-order valence-electron chi connectivity index (χ4n) is 1.52. The quantitative estimate of drug-likeness (QED) is 0.285. The predicted octanol–water partition coefficient (Wildman–Crippen LogP) is 3.17. The highest BCUT2D eigenvalue weighted by Crippen LogP contribution is 2.29. The third-order valence-electron chi connectivity index (χ3n) is 2.42. The van der Waals surface area contributed by atoms with Crippen LogP contribution in [0.2, 0.25) is 0 Å². The van der Waals surface area contributed by atoms with Gasteiger partial charge in [-0.15, -0.1) is 11.3 Å². The first-order valence-electron chi connectivity index (χ1n) is 5.39. The summed E-state index contributed by atoms with van der Waals surface area (Å²) in [5.41, 5.74) is 6.04. The number of thiophene rings is 1. The van der Waals surface area contributed by atoms with Gasteiger partial charge in [0.25, 0.3) is 10.0 Å². The highest BCUT2D eigenvalue weighted by Gasteiger charge is 2.19. The Morgan fingerprint density at radius 1 is 1.29 bits per heavy atom. The molecule has 21 heavy (non-hydrogen) atoms. The predicted molar refractivity (Wildman–Crippen MR) is 89.5 cm³/mol. The lowest BCUT2D eigenvalue weighted by molar-refractivity contribution is 0.318. The topological polar surface area (TPSA) is 105 Å². The molecule has 0 saturated carbocycles. The van der Waals surface area contributed by atoms with Crippen LogP contribution in [0.5, 0.6) is 0 Å². The molecule has 1 aromatic carbocycles. The molecule has 10 heteroatoms. The third kappa shape index (κ3) is 3.76. The Morgan fingerprint density at radius 3 is 2.57 bits per heavy atom. The number of amidine groups is 1. The van der Waals surface area contributed by atoms with Crippen LogP contribution in [0.15, 0.2) is 48.0 Å². The fourth-order valence-corrected chi connectivity index (χ4v) is 4.96. The average molecular weight is 455 g/mol. The van der Waals surface area contributed by atoms with E-state index in [1.165, 1.54) is 12.1 Å². The molecule has 2 aromatic rings. The van der Waals surface area contributed by atoms with Crippen LogP contribution in [0.25, 0.3) is 0 Å². The zero-order chi connectivity index (χ0) is 15.6. The molecule has 6 nitrogen and oxygen atoms in total. The van der Waals surface area contributed by atoms with Gasteiger partial charge < -0.3 is 10.9 Å². The second-order valence-corrected chi connectivity index (χ2v) is 9.13. The minimum absolute atomic E-state index is 0.153. The summed E-state index contributed by atoms with van der Waals surface area (Å²) in [6.07, 6.45) is 0. The van der Waals surface area contributed by atoms with Gasteiger partial charge in [0.2, 0.25) is 0 Å². The average Bonchev–Trinajstić information content (AvgIpc) is 2.85. The number of hydrogen-bond donors (Lipinski definition) is 3. The number of sulfonamides is 1. The van der Waals surface area contributed by atoms with Crippen molar-refractivity contribution in [1.29, 1.82) is 0 Å². The minimum Gasteiger partial charge on any atom is -0.409 e. The lowest BCUT2D eigenvalue weighted by atomic mass is 10.2. The molecule has 0 bridgehead atoms. The first kappa shape index (κ1) is 16.3. The van der Waals surface area contributed by atoms with Crippen LogP contribution in [0.4, 0.5) is 5.69 Å². The maximum atomic E-state index is 12.3. The number of nitrogens with zero attached hydrogens (tertiary/aromatic N) is 1. The van der Waals surface area contributed by atoms with Crippen LogP contribution in [-0.4, -0.2) is 19.5 Å². The van der Waals surface area contributed by atoms with Crippen LogP contribution < -0.4 is 10.5 Å². The van der Waals surface area contributed by atoms with Crippen molar-refractivity contribution in [2.24, 2.45) is 10.9 Å². The highest BCUT2D eigenvalue weighted by atomic mass is 79.9. The van der Waals surface area contributed by atoms with Gasteiger partial charge in [-0.25, -0.2) is 8.42 Å². The molecule has 1 aromatic heterocycles. The molecule has 0 radical (unpaired) electrons. The highest BCUT2D eigenvalue weighted by molar-refractivity contribution is 9.11.